The third kappa shape index (κ3) is 3.08. The van der Waals surface area contributed by atoms with Gasteiger partial charge in [0.05, 0.1) is 0 Å². The lowest BCUT2D eigenvalue weighted by molar-refractivity contribution is 0.505. The molecule has 0 heterocycles. The molecule has 2 N–H and O–H groups in total. The van der Waals surface area contributed by atoms with E-state index in [2.05, 4.69) is 52.0 Å². The Kier molecular flexibility index (Phi) is 4.55. The van der Waals surface area contributed by atoms with Crippen molar-refractivity contribution in [2.24, 2.45) is 5.73 Å². The molecular weight excluding hydrogens is 194 g/mol. The van der Waals surface area contributed by atoms with Crippen molar-refractivity contribution in [3.63, 3.8) is 0 Å². The maximum absolute atomic E-state index is 6.10. The SMILES string of the molecule is CCCC(N)c1ccc(C(C)(C)CC)cc1. The van der Waals surface area contributed by atoms with Crippen molar-refractivity contribution >= 4 is 0 Å². The molecule has 1 atom stereocenters. The Balaban J connectivity index is 2.83. The fraction of sp³-hybridized carbons (Fsp3) is 0.600. The van der Waals surface area contributed by atoms with Crippen LogP contribution in [0.15, 0.2) is 24.3 Å². The Hall–Kier alpha value is -0.820. The van der Waals surface area contributed by atoms with Gasteiger partial charge < -0.3 is 5.73 Å². The highest BCUT2D eigenvalue weighted by molar-refractivity contribution is 5.29. The van der Waals surface area contributed by atoms with E-state index >= 15 is 0 Å². The number of rotatable bonds is 5. The van der Waals surface area contributed by atoms with E-state index in [-0.39, 0.29) is 11.5 Å². The topological polar surface area (TPSA) is 26.0 Å². The van der Waals surface area contributed by atoms with E-state index in [0.29, 0.717) is 0 Å². The van der Waals surface area contributed by atoms with Gasteiger partial charge in [-0.1, -0.05) is 58.4 Å². The molecule has 0 saturated carbocycles. The van der Waals surface area contributed by atoms with Gasteiger partial charge in [0.2, 0.25) is 0 Å². The minimum Gasteiger partial charge on any atom is -0.324 e. The Labute approximate surface area is 100 Å². The lowest BCUT2D eigenvalue weighted by Crippen LogP contribution is -2.16. The highest BCUT2D eigenvalue weighted by Crippen LogP contribution is 2.27. The Morgan fingerprint density at radius 1 is 1.12 bits per heavy atom. The molecule has 0 aliphatic heterocycles. The monoisotopic (exact) mass is 219 g/mol. The Morgan fingerprint density at radius 2 is 1.69 bits per heavy atom. The lowest BCUT2D eigenvalue weighted by Gasteiger charge is -2.24. The van der Waals surface area contributed by atoms with Crippen molar-refractivity contribution < 1.29 is 0 Å². The molecule has 1 nitrogen and oxygen atoms in total. The van der Waals surface area contributed by atoms with E-state index in [4.69, 9.17) is 5.73 Å². The second kappa shape index (κ2) is 5.49. The zero-order valence-electron chi connectivity index (χ0n) is 11.1. The van der Waals surface area contributed by atoms with Gasteiger partial charge in [-0.05, 0) is 29.4 Å². The van der Waals surface area contributed by atoms with Gasteiger partial charge in [-0.15, -0.1) is 0 Å². The lowest BCUT2D eigenvalue weighted by atomic mass is 9.82. The molecule has 0 bridgehead atoms. The molecule has 0 spiro atoms. The molecule has 0 aliphatic rings. The number of benzene rings is 1. The van der Waals surface area contributed by atoms with E-state index in [1.807, 2.05) is 0 Å². The molecule has 16 heavy (non-hydrogen) atoms. The normalized spacial score (nSPS) is 13.8. The number of nitrogens with two attached hydrogens (primary N) is 1. The summed E-state index contributed by atoms with van der Waals surface area (Å²) in [6.07, 6.45) is 3.37. The highest BCUT2D eigenvalue weighted by atomic mass is 14.6. The molecule has 90 valence electrons. The quantitative estimate of drug-likeness (QED) is 0.790. The molecular formula is C15H25N. The minimum atomic E-state index is 0.198. The average Bonchev–Trinajstić information content (AvgIpc) is 2.29. The van der Waals surface area contributed by atoms with Crippen LogP contribution >= 0.6 is 0 Å². The molecule has 0 aliphatic carbocycles. The van der Waals surface area contributed by atoms with Crippen molar-refractivity contribution in [3.8, 4) is 0 Å². The third-order valence-electron chi connectivity index (χ3n) is 3.60. The van der Waals surface area contributed by atoms with E-state index in [9.17, 15) is 0 Å². The predicted octanol–water partition coefficient (Wildman–Crippen LogP) is 4.17. The number of hydrogen-bond acceptors (Lipinski definition) is 1. The van der Waals surface area contributed by atoms with Crippen molar-refractivity contribution in [1.82, 2.24) is 0 Å². The van der Waals surface area contributed by atoms with Gasteiger partial charge in [-0.2, -0.15) is 0 Å². The minimum absolute atomic E-state index is 0.198. The zero-order chi connectivity index (χ0) is 12.2. The summed E-state index contributed by atoms with van der Waals surface area (Å²) in [5.41, 5.74) is 9.03. The fourth-order valence-electron chi connectivity index (χ4n) is 1.86. The fourth-order valence-corrected chi connectivity index (χ4v) is 1.86. The summed E-state index contributed by atoms with van der Waals surface area (Å²) < 4.78 is 0. The molecule has 1 aromatic carbocycles. The smallest absolute Gasteiger partial charge is 0.0294 e. The van der Waals surface area contributed by atoms with Crippen LogP contribution in [0.4, 0.5) is 0 Å². The first kappa shape index (κ1) is 13.2. The first-order valence-electron chi connectivity index (χ1n) is 6.37. The van der Waals surface area contributed by atoms with Crippen LogP contribution in [-0.4, -0.2) is 0 Å². The summed E-state index contributed by atoms with van der Waals surface area (Å²) in [7, 11) is 0. The largest absolute Gasteiger partial charge is 0.324 e. The van der Waals surface area contributed by atoms with Crippen LogP contribution in [0.5, 0.6) is 0 Å². The maximum Gasteiger partial charge on any atom is 0.0294 e. The van der Waals surface area contributed by atoms with Crippen LogP contribution in [0, 0.1) is 0 Å². The second-order valence-electron chi connectivity index (χ2n) is 5.25. The molecule has 0 saturated heterocycles. The molecule has 1 aromatic rings. The summed E-state index contributed by atoms with van der Waals surface area (Å²) in [4.78, 5) is 0. The van der Waals surface area contributed by atoms with Crippen LogP contribution < -0.4 is 5.73 Å². The summed E-state index contributed by atoms with van der Waals surface area (Å²) in [5, 5.41) is 0. The first-order chi connectivity index (χ1) is 7.51. The van der Waals surface area contributed by atoms with E-state index in [1.165, 1.54) is 11.1 Å². The molecule has 1 rings (SSSR count). The van der Waals surface area contributed by atoms with Gasteiger partial charge in [0, 0.05) is 6.04 Å². The van der Waals surface area contributed by atoms with Crippen LogP contribution in [0.25, 0.3) is 0 Å². The van der Waals surface area contributed by atoms with Gasteiger partial charge in [0.15, 0.2) is 0 Å². The van der Waals surface area contributed by atoms with Crippen LogP contribution in [0.3, 0.4) is 0 Å². The number of hydrogen-bond donors (Lipinski definition) is 1. The van der Waals surface area contributed by atoms with Gasteiger partial charge in [0.25, 0.3) is 0 Å². The van der Waals surface area contributed by atoms with Crippen LogP contribution in [-0.2, 0) is 5.41 Å². The zero-order valence-corrected chi connectivity index (χ0v) is 11.1. The van der Waals surface area contributed by atoms with Gasteiger partial charge >= 0.3 is 0 Å². The van der Waals surface area contributed by atoms with Crippen LogP contribution in [0.2, 0.25) is 0 Å². The molecule has 0 fully saturated rings. The van der Waals surface area contributed by atoms with Crippen molar-refractivity contribution in [2.75, 3.05) is 0 Å². The second-order valence-corrected chi connectivity index (χ2v) is 5.25. The summed E-state index contributed by atoms with van der Waals surface area (Å²) in [6, 6.07) is 9.03. The third-order valence-corrected chi connectivity index (χ3v) is 3.60. The summed E-state index contributed by atoms with van der Waals surface area (Å²) in [5.74, 6) is 0. The summed E-state index contributed by atoms with van der Waals surface area (Å²) in [6.45, 7) is 8.98. The maximum atomic E-state index is 6.10. The molecule has 0 amide bonds. The predicted molar refractivity (Wildman–Crippen MR) is 71.6 cm³/mol. The van der Waals surface area contributed by atoms with Gasteiger partial charge in [-0.25, -0.2) is 0 Å². The van der Waals surface area contributed by atoms with Crippen molar-refractivity contribution in [1.29, 1.82) is 0 Å². The first-order valence-corrected chi connectivity index (χ1v) is 6.37. The van der Waals surface area contributed by atoms with Crippen molar-refractivity contribution in [3.05, 3.63) is 35.4 Å². The van der Waals surface area contributed by atoms with Crippen LogP contribution in [0.1, 0.15) is 64.1 Å². The van der Waals surface area contributed by atoms with Gasteiger partial charge in [-0.3, -0.25) is 0 Å². The van der Waals surface area contributed by atoms with E-state index in [1.54, 1.807) is 0 Å². The average molecular weight is 219 g/mol. The molecule has 0 aromatic heterocycles. The Morgan fingerprint density at radius 3 is 2.12 bits per heavy atom. The molecule has 0 radical (unpaired) electrons. The van der Waals surface area contributed by atoms with Gasteiger partial charge in [0.1, 0.15) is 0 Å². The molecule has 1 unspecified atom stereocenters. The highest BCUT2D eigenvalue weighted by Gasteiger charge is 2.17. The van der Waals surface area contributed by atoms with Crippen molar-refractivity contribution in [2.45, 2.75) is 58.4 Å². The molecule has 1 heteroatoms. The Bertz CT molecular complexity index is 311. The van der Waals surface area contributed by atoms with E-state index < -0.39 is 0 Å². The van der Waals surface area contributed by atoms with E-state index in [0.717, 1.165) is 19.3 Å². The standard InChI is InChI=1S/C15H25N/c1-5-7-14(16)12-8-10-13(11-9-12)15(3,4)6-2/h8-11,14H,5-7,16H2,1-4H3. The summed E-state index contributed by atoms with van der Waals surface area (Å²) >= 11 is 0.